The van der Waals surface area contributed by atoms with Crippen LogP contribution >= 0.6 is 12.2 Å². The third kappa shape index (κ3) is 2.98. The van der Waals surface area contributed by atoms with Gasteiger partial charge in [-0.25, -0.2) is 0 Å². The first-order valence-corrected chi connectivity index (χ1v) is 8.64. The third-order valence-electron chi connectivity index (χ3n) is 4.67. The van der Waals surface area contributed by atoms with Crippen molar-refractivity contribution < 1.29 is 0 Å². The van der Waals surface area contributed by atoms with Crippen LogP contribution in [0.4, 0.5) is 0 Å². The van der Waals surface area contributed by atoms with Crippen LogP contribution in [0.5, 0.6) is 0 Å². The fourth-order valence-electron chi connectivity index (χ4n) is 3.23. The Bertz CT molecular complexity index is 680. The lowest BCUT2D eigenvalue weighted by atomic mass is 10.0. The molecule has 1 N–H and O–H groups in total. The highest BCUT2D eigenvalue weighted by Gasteiger charge is 2.40. The zero-order chi connectivity index (χ0) is 16.4. The number of hydrogen-bond acceptors (Lipinski definition) is 2. The molecule has 0 amide bonds. The van der Waals surface area contributed by atoms with Crippen LogP contribution in [-0.2, 0) is 7.05 Å². The summed E-state index contributed by atoms with van der Waals surface area (Å²) >= 11 is 5.64. The molecule has 0 bridgehead atoms. The maximum Gasteiger partial charge on any atom is 0.170 e. The van der Waals surface area contributed by atoms with E-state index in [0.717, 1.165) is 30.2 Å². The first kappa shape index (κ1) is 16.0. The van der Waals surface area contributed by atoms with Gasteiger partial charge in [0.15, 0.2) is 5.11 Å². The summed E-state index contributed by atoms with van der Waals surface area (Å²) in [7, 11) is 2.12. The summed E-state index contributed by atoms with van der Waals surface area (Å²) in [4.78, 5) is 6.89. The molecule has 0 aliphatic carbocycles. The summed E-state index contributed by atoms with van der Waals surface area (Å²) in [5, 5.41) is 4.33. The number of unbranched alkanes of at least 4 members (excludes halogenated alkanes) is 1. The van der Waals surface area contributed by atoms with E-state index in [9.17, 15) is 0 Å². The Morgan fingerprint density at radius 1 is 1.26 bits per heavy atom. The van der Waals surface area contributed by atoms with Gasteiger partial charge in [-0.1, -0.05) is 19.4 Å². The SMILES string of the molecule is CCCCN1C(=S)N[C@H](c2ccccn2)[C@@H]1c1ccc(C)n1C. The van der Waals surface area contributed by atoms with Crippen LogP contribution in [0.3, 0.4) is 0 Å². The van der Waals surface area contributed by atoms with E-state index in [1.165, 1.54) is 11.4 Å². The van der Waals surface area contributed by atoms with E-state index in [0.29, 0.717) is 0 Å². The maximum atomic E-state index is 5.64. The molecule has 0 spiro atoms. The number of rotatable bonds is 5. The quantitative estimate of drug-likeness (QED) is 0.852. The van der Waals surface area contributed by atoms with Crippen molar-refractivity contribution in [2.45, 2.75) is 38.8 Å². The van der Waals surface area contributed by atoms with Gasteiger partial charge in [0.25, 0.3) is 0 Å². The molecule has 0 saturated carbocycles. The largest absolute Gasteiger partial charge is 0.352 e. The summed E-state index contributed by atoms with van der Waals surface area (Å²) in [6.45, 7) is 5.32. The fraction of sp³-hybridized carbons (Fsp3) is 0.444. The summed E-state index contributed by atoms with van der Waals surface area (Å²) in [5.41, 5.74) is 3.58. The molecule has 1 aliphatic heterocycles. The molecule has 2 aromatic heterocycles. The highest BCUT2D eigenvalue weighted by atomic mass is 32.1. The van der Waals surface area contributed by atoms with Gasteiger partial charge < -0.3 is 14.8 Å². The molecule has 1 aliphatic rings. The Labute approximate surface area is 143 Å². The molecule has 0 radical (unpaired) electrons. The standard InChI is InChI=1S/C18H24N4S/c1-4-5-12-22-17(15-10-9-13(2)21(15)3)16(20-18(22)23)14-8-6-7-11-19-14/h6-11,16-17H,4-5,12H2,1-3H3,(H,20,23)/t16-,17+/m1/s1. The van der Waals surface area contributed by atoms with Crippen LogP contribution in [-0.4, -0.2) is 26.1 Å². The van der Waals surface area contributed by atoms with E-state index in [4.69, 9.17) is 12.2 Å². The van der Waals surface area contributed by atoms with E-state index in [-0.39, 0.29) is 12.1 Å². The van der Waals surface area contributed by atoms with E-state index in [1.54, 1.807) is 0 Å². The lowest BCUT2D eigenvalue weighted by molar-refractivity contribution is 0.301. The Balaban J connectivity index is 2.01. The smallest absolute Gasteiger partial charge is 0.170 e. The third-order valence-corrected chi connectivity index (χ3v) is 5.02. The van der Waals surface area contributed by atoms with E-state index >= 15 is 0 Å². The lowest BCUT2D eigenvalue weighted by Gasteiger charge is -2.28. The molecule has 2 atom stereocenters. The van der Waals surface area contributed by atoms with Gasteiger partial charge in [-0.3, -0.25) is 4.98 Å². The molecule has 3 heterocycles. The number of nitrogens with one attached hydrogen (secondary N) is 1. The zero-order valence-corrected chi connectivity index (χ0v) is 14.8. The minimum atomic E-state index is 0.0913. The molecule has 4 nitrogen and oxygen atoms in total. The van der Waals surface area contributed by atoms with Crippen LogP contribution in [0.15, 0.2) is 36.5 Å². The van der Waals surface area contributed by atoms with Crippen LogP contribution in [0.1, 0.15) is 48.9 Å². The number of hydrogen-bond donors (Lipinski definition) is 1. The molecule has 1 saturated heterocycles. The zero-order valence-electron chi connectivity index (χ0n) is 14.0. The average Bonchev–Trinajstić information content (AvgIpc) is 3.06. The Morgan fingerprint density at radius 2 is 2.09 bits per heavy atom. The van der Waals surface area contributed by atoms with Crippen molar-refractivity contribution in [2.75, 3.05) is 6.54 Å². The molecule has 3 rings (SSSR count). The molecule has 1 fully saturated rings. The maximum absolute atomic E-state index is 5.64. The predicted molar refractivity (Wildman–Crippen MR) is 97.2 cm³/mol. The average molecular weight is 328 g/mol. The van der Waals surface area contributed by atoms with E-state index < -0.39 is 0 Å². The molecule has 5 heteroatoms. The fourth-order valence-corrected chi connectivity index (χ4v) is 3.56. The summed E-state index contributed by atoms with van der Waals surface area (Å²) in [6, 6.07) is 10.7. The minimum absolute atomic E-state index is 0.0913. The summed E-state index contributed by atoms with van der Waals surface area (Å²) < 4.78 is 2.26. The number of aromatic nitrogens is 2. The highest BCUT2D eigenvalue weighted by Crippen LogP contribution is 2.38. The van der Waals surface area contributed by atoms with Crippen LogP contribution in [0.2, 0.25) is 0 Å². The van der Waals surface area contributed by atoms with Gasteiger partial charge in [0.05, 0.1) is 17.8 Å². The molecule has 23 heavy (non-hydrogen) atoms. The Hall–Kier alpha value is -1.88. The Kier molecular flexibility index (Phi) is 4.66. The molecule has 2 aromatic rings. The number of nitrogens with zero attached hydrogens (tertiary/aromatic N) is 3. The molecular formula is C18H24N4S. The molecule has 122 valence electrons. The summed E-state index contributed by atoms with van der Waals surface area (Å²) in [6.07, 6.45) is 4.14. The van der Waals surface area contributed by atoms with Crippen molar-refractivity contribution >= 4 is 17.3 Å². The Morgan fingerprint density at radius 3 is 2.70 bits per heavy atom. The topological polar surface area (TPSA) is 33.1 Å². The number of pyridine rings is 1. The molecule has 0 unspecified atom stereocenters. The second kappa shape index (κ2) is 6.71. The first-order valence-electron chi connectivity index (χ1n) is 8.23. The second-order valence-electron chi connectivity index (χ2n) is 6.13. The van der Waals surface area contributed by atoms with E-state index in [2.05, 4.69) is 58.9 Å². The van der Waals surface area contributed by atoms with Gasteiger partial charge in [-0.15, -0.1) is 0 Å². The number of aryl methyl sites for hydroxylation is 1. The highest BCUT2D eigenvalue weighted by molar-refractivity contribution is 7.80. The number of thiocarbonyl (C=S) groups is 1. The second-order valence-corrected chi connectivity index (χ2v) is 6.52. The van der Waals surface area contributed by atoms with Crippen molar-refractivity contribution in [2.24, 2.45) is 7.05 Å². The van der Waals surface area contributed by atoms with Crippen molar-refractivity contribution in [1.29, 1.82) is 0 Å². The minimum Gasteiger partial charge on any atom is -0.352 e. The van der Waals surface area contributed by atoms with Gasteiger partial charge in [-0.2, -0.15) is 0 Å². The normalized spacial score (nSPS) is 20.8. The van der Waals surface area contributed by atoms with Crippen molar-refractivity contribution in [3.05, 3.63) is 53.6 Å². The van der Waals surface area contributed by atoms with Gasteiger partial charge in [-0.05, 0) is 49.8 Å². The van der Waals surface area contributed by atoms with E-state index in [1.807, 2.05) is 18.3 Å². The van der Waals surface area contributed by atoms with Crippen LogP contribution in [0, 0.1) is 6.92 Å². The van der Waals surface area contributed by atoms with Gasteiger partial charge in [0, 0.05) is 31.2 Å². The monoisotopic (exact) mass is 328 g/mol. The van der Waals surface area contributed by atoms with Crippen LogP contribution < -0.4 is 5.32 Å². The lowest BCUT2D eigenvalue weighted by Crippen LogP contribution is -2.31. The van der Waals surface area contributed by atoms with Gasteiger partial charge >= 0.3 is 0 Å². The van der Waals surface area contributed by atoms with Crippen molar-refractivity contribution in [3.63, 3.8) is 0 Å². The molecule has 0 aromatic carbocycles. The predicted octanol–water partition coefficient (Wildman–Crippen LogP) is 3.50. The summed E-state index contributed by atoms with van der Waals surface area (Å²) in [5.74, 6) is 0. The van der Waals surface area contributed by atoms with Gasteiger partial charge in [0.1, 0.15) is 0 Å². The van der Waals surface area contributed by atoms with Crippen molar-refractivity contribution in [3.8, 4) is 0 Å². The first-order chi connectivity index (χ1) is 11.1. The molecular weight excluding hydrogens is 304 g/mol. The van der Waals surface area contributed by atoms with Crippen LogP contribution in [0.25, 0.3) is 0 Å². The van der Waals surface area contributed by atoms with Crippen molar-refractivity contribution in [1.82, 2.24) is 19.8 Å². The van der Waals surface area contributed by atoms with Gasteiger partial charge in [0.2, 0.25) is 0 Å².